The maximum atomic E-state index is 13.2. The van der Waals surface area contributed by atoms with Gasteiger partial charge in [0.05, 0.1) is 6.42 Å². The average Bonchev–Trinajstić information content (AvgIpc) is 2.86. The number of amides is 3. The van der Waals surface area contributed by atoms with Crippen LogP contribution in [0.5, 0.6) is 0 Å². The minimum atomic E-state index is -1.36. The zero-order chi connectivity index (χ0) is 27.7. The molecule has 9 nitrogen and oxygen atoms in total. The summed E-state index contributed by atoms with van der Waals surface area (Å²) in [6.45, 7) is 5.01. The molecule has 4 N–H and O–H groups in total. The van der Waals surface area contributed by atoms with E-state index in [0.29, 0.717) is 0 Å². The number of nitrogens with two attached hydrogens (primary N) is 1. The summed E-state index contributed by atoms with van der Waals surface area (Å²) in [6.07, 6.45) is -1.23. The number of fused-ring (bicyclic) bond motifs is 1. The molecule has 0 aliphatic heterocycles. The number of benzene rings is 3. The molecule has 3 aromatic carbocycles. The lowest BCUT2D eigenvalue weighted by molar-refractivity contribution is -0.147. The monoisotopic (exact) mass is 519 g/mol. The maximum absolute atomic E-state index is 13.2. The van der Waals surface area contributed by atoms with Crippen LogP contribution in [0.3, 0.4) is 0 Å². The van der Waals surface area contributed by atoms with Gasteiger partial charge in [0.15, 0.2) is 0 Å². The van der Waals surface area contributed by atoms with Gasteiger partial charge in [-0.3, -0.25) is 14.4 Å². The van der Waals surface area contributed by atoms with Crippen molar-refractivity contribution < 1.29 is 28.7 Å². The van der Waals surface area contributed by atoms with Gasteiger partial charge in [-0.2, -0.15) is 0 Å². The van der Waals surface area contributed by atoms with Crippen molar-refractivity contribution in [2.45, 2.75) is 57.9 Å². The SMILES string of the molecule is CC(C)(C)OC(=O)N[C@@H](CC(=O)OCc1ccccc1)C(=O)N[C@@H](Cc1ccc2ccccc2c1)C(N)=O. The second-order valence-electron chi connectivity index (χ2n) is 9.90. The normalized spacial score (nSPS) is 12.7. The van der Waals surface area contributed by atoms with E-state index < -0.39 is 48.0 Å². The molecule has 3 amide bonds. The Labute approximate surface area is 221 Å². The molecule has 0 saturated carbocycles. The Kier molecular flexibility index (Phi) is 9.43. The Balaban J connectivity index is 1.71. The predicted octanol–water partition coefficient (Wildman–Crippen LogP) is 3.38. The van der Waals surface area contributed by atoms with Crippen molar-refractivity contribution in [2.24, 2.45) is 5.73 Å². The van der Waals surface area contributed by atoms with Crippen molar-refractivity contribution in [3.8, 4) is 0 Å². The Morgan fingerprint density at radius 1 is 0.816 bits per heavy atom. The van der Waals surface area contributed by atoms with Gasteiger partial charge >= 0.3 is 12.1 Å². The van der Waals surface area contributed by atoms with Gasteiger partial charge in [0.2, 0.25) is 11.8 Å². The van der Waals surface area contributed by atoms with Crippen molar-refractivity contribution in [1.29, 1.82) is 0 Å². The molecule has 0 bridgehead atoms. The van der Waals surface area contributed by atoms with Gasteiger partial charge in [-0.25, -0.2) is 4.79 Å². The molecule has 0 heterocycles. The van der Waals surface area contributed by atoms with E-state index in [1.807, 2.05) is 60.7 Å². The largest absolute Gasteiger partial charge is 0.461 e. The van der Waals surface area contributed by atoms with E-state index in [2.05, 4.69) is 10.6 Å². The molecule has 0 aliphatic rings. The smallest absolute Gasteiger partial charge is 0.408 e. The first-order valence-electron chi connectivity index (χ1n) is 12.3. The van der Waals surface area contributed by atoms with Gasteiger partial charge in [0.25, 0.3) is 0 Å². The Bertz CT molecular complexity index is 1290. The Morgan fingerprint density at radius 3 is 2.13 bits per heavy atom. The number of primary amides is 1. The lowest BCUT2D eigenvalue weighted by atomic mass is 10.0. The molecule has 200 valence electrons. The van der Waals surface area contributed by atoms with Crippen LogP contribution in [0.15, 0.2) is 72.8 Å². The first-order valence-corrected chi connectivity index (χ1v) is 12.3. The third-order valence-electron chi connectivity index (χ3n) is 5.53. The number of rotatable bonds is 10. The third kappa shape index (κ3) is 8.92. The summed E-state index contributed by atoms with van der Waals surface area (Å²) in [5.74, 6) is -2.23. The fraction of sp³-hybridized carbons (Fsp3) is 0.310. The highest BCUT2D eigenvalue weighted by Crippen LogP contribution is 2.17. The minimum absolute atomic E-state index is 0.00627. The zero-order valence-electron chi connectivity index (χ0n) is 21.7. The van der Waals surface area contributed by atoms with E-state index in [9.17, 15) is 19.2 Å². The number of carbonyl (C=O) groups is 4. The molecule has 38 heavy (non-hydrogen) atoms. The molecule has 0 spiro atoms. The molecule has 9 heteroatoms. The molecule has 0 saturated heterocycles. The van der Waals surface area contributed by atoms with Gasteiger partial charge < -0.3 is 25.8 Å². The number of carbonyl (C=O) groups excluding carboxylic acids is 4. The number of hydrogen-bond acceptors (Lipinski definition) is 6. The van der Waals surface area contributed by atoms with E-state index in [1.54, 1.807) is 32.9 Å². The summed E-state index contributed by atoms with van der Waals surface area (Å²) >= 11 is 0. The highest BCUT2D eigenvalue weighted by Gasteiger charge is 2.30. The number of esters is 1. The van der Waals surface area contributed by atoms with E-state index in [4.69, 9.17) is 15.2 Å². The number of ether oxygens (including phenoxy) is 2. The van der Waals surface area contributed by atoms with E-state index in [-0.39, 0.29) is 13.0 Å². The summed E-state index contributed by atoms with van der Waals surface area (Å²) in [4.78, 5) is 50.4. The Hall–Kier alpha value is -4.40. The van der Waals surface area contributed by atoms with Crippen LogP contribution in [-0.2, 0) is 36.9 Å². The van der Waals surface area contributed by atoms with Gasteiger partial charge in [-0.1, -0.05) is 72.8 Å². The van der Waals surface area contributed by atoms with Crippen LogP contribution in [0, 0.1) is 0 Å². The fourth-order valence-corrected chi connectivity index (χ4v) is 3.72. The summed E-state index contributed by atoms with van der Waals surface area (Å²) in [5.41, 5.74) is 6.31. The fourth-order valence-electron chi connectivity index (χ4n) is 3.72. The van der Waals surface area contributed by atoms with Crippen LogP contribution in [0.4, 0.5) is 4.79 Å². The molecule has 2 atom stereocenters. The van der Waals surface area contributed by atoms with Gasteiger partial charge in [-0.05, 0) is 42.7 Å². The summed E-state index contributed by atoms with van der Waals surface area (Å²) in [5, 5.41) is 6.99. The first kappa shape index (κ1) is 28.2. The van der Waals surface area contributed by atoms with Crippen molar-refractivity contribution >= 4 is 34.6 Å². The number of hydrogen-bond donors (Lipinski definition) is 3. The van der Waals surface area contributed by atoms with E-state index >= 15 is 0 Å². The van der Waals surface area contributed by atoms with Crippen LogP contribution in [-0.4, -0.2) is 41.6 Å². The van der Waals surface area contributed by atoms with Crippen LogP contribution < -0.4 is 16.4 Å². The molecule has 0 radical (unpaired) electrons. The molecule has 3 aromatic rings. The van der Waals surface area contributed by atoms with Crippen molar-refractivity contribution in [3.63, 3.8) is 0 Å². The van der Waals surface area contributed by atoms with Crippen molar-refractivity contribution in [1.82, 2.24) is 10.6 Å². The topological polar surface area (TPSA) is 137 Å². The number of nitrogens with one attached hydrogen (secondary N) is 2. The molecular formula is C29H33N3O6. The quantitative estimate of drug-likeness (QED) is 0.351. The first-order chi connectivity index (χ1) is 18.0. The van der Waals surface area contributed by atoms with Crippen LogP contribution in [0.25, 0.3) is 10.8 Å². The van der Waals surface area contributed by atoms with Gasteiger partial charge in [-0.15, -0.1) is 0 Å². The van der Waals surface area contributed by atoms with Gasteiger partial charge in [0, 0.05) is 6.42 Å². The lowest BCUT2D eigenvalue weighted by Gasteiger charge is -2.24. The highest BCUT2D eigenvalue weighted by atomic mass is 16.6. The van der Waals surface area contributed by atoms with Crippen molar-refractivity contribution in [2.75, 3.05) is 0 Å². The summed E-state index contributed by atoms with van der Waals surface area (Å²) in [6, 6.07) is 20.0. The standard InChI is InChI=1S/C29H33N3O6/c1-29(2,3)38-28(36)32-24(17-25(33)37-18-19-9-5-4-6-10-19)27(35)31-23(26(30)34)16-20-13-14-21-11-7-8-12-22(21)15-20/h4-15,23-24H,16-18H2,1-3H3,(H2,30,34)(H,31,35)(H,32,36)/t23-,24-/m0/s1. The summed E-state index contributed by atoms with van der Waals surface area (Å²) < 4.78 is 10.5. The molecule has 0 unspecified atom stereocenters. The maximum Gasteiger partial charge on any atom is 0.408 e. The Morgan fingerprint density at radius 2 is 1.47 bits per heavy atom. The highest BCUT2D eigenvalue weighted by molar-refractivity contribution is 5.93. The minimum Gasteiger partial charge on any atom is -0.461 e. The van der Waals surface area contributed by atoms with Crippen LogP contribution >= 0.6 is 0 Å². The molecule has 0 aliphatic carbocycles. The molecule has 0 fully saturated rings. The zero-order valence-corrected chi connectivity index (χ0v) is 21.7. The lowest BCUT2D eigenvalue weighted by Crippen LogP contribution is -2.54. The molecular weight excluding hydrogens is 486 g/mol. The third-order valence-corrected chi connectivity index (χ3v) is 5.53. The summed E-state index contributed by atoms with van der Waals surface area (Å²) in [7, 11) is 0. The van der Waals surface area contributed by atoms with Crippen molar-refractivity contribution in [3.05, 3.63) is 83.9 Å². The molecule has 0 aromatic heterocycles. The van der Waals surface area contributed by atoms with Crippen LogP contribution in [0.1, 0.15) is 38.3 Å². The second kappa shape index (κ2) is 12.7. The number of alkyl carbamates (subject to hydrolysis) is 1. The predicted molar refractivity (Wildman–Crippen MR) is 143 cm³/mol. The van der Waals surface area contributed by atoms with Gasteiger partial charge in [0.1, 0.15) is 24.3 Å². The average molecular weight is 520 g/mol. The second-order valence-corrected chi connectivity index (χ2v) is 9.90. The van der Waals surface area contributed by atoms with Crippen LogP contribution in [0.2, 0.25) is 0 Å². The van der Waals surface area contributed by atoms with E-state index in [1.165, 1.54) is 0 Å². The molecule has 3 rings (SSSR count). The van der Waals surface area contributed by atoms with E-state index in [0.717, 1.165) is 21.9 Å².